The van der Waals surface area contributed by atoms with Gasteiger partial charge in [0.25, 0.3) is 0 Å². The standard InChI is InChI=1S/C11H15NO2S/c1-3-15-10-6-8(11(13)14-2)4-5-9(10)7-12/h4-6H,3,7,12H2,1-2H3. The highest BCUT2D eigenvalue weighted by Gasteiger charge is 2.08. The largest absolute Gasteiger partial charge is 0.465 e. The van der Waals surface area contributed by atoms with E-state index in [1.807, 2.05) is 12.1 Å². The minimum absolute atomic E-state index is 0.309. The minimum Gasteiger partial charge on any atom is -0.465 e. The molecule has 0 heterocycles. The van der Waals surface area contributed by atoms with E-state index < -0.39 is 0 Å². The fraction of sp³-hybridized carbons (Fsp3) is 0.364. The van der Waals surface area contributed by atoms with Crippen LogP contribution in [0, 0.1) is 0 Å². The predicted octanol–water partition coefficient (Wildman–Crippen LogP) is 2.04. The molecule has 0 saturated carbocycles. The third kappa shape index (κ3) is 2.97. The van der Waals surface area contributed by atoms with E-state index in [0.29, 0.717) is 12.1 Å². The molecule has 1 rings (SSSR count). The molecule has 15 heavy (non-hydrogen) atoms. The number of esters is 1. The van der Waals surface area contributed by atoms with Gasteiger partial charge in [0.2, 0.25) is 0 Å². The van der Waals surface area contributed by atoms with Crippen LogP contribution in [0.1, 0.15) is 22.8 Å². The van der Waals surface area contributed by atoms with Gasteiger partial charge in [-0.05, 0) is 23.4 Å². The lowest BCUT2D eigenvalue weighted by molar-refractivity contribution is 0.0600. The maximum Gasteiger partial charge on any atom is 0.337 e. The Labute approximate surface area is 94.0 Å². The molecule has 0 spiro atoms. The van der Waals surface area contributed by atoms with Crippen molar-refractivity contribution in [2.75, 3.05) is 12.9 Å². The summed E-state index contributed by atoms with van der Waals surface area (Å²) in [7, 11) is 1.38. The summed E-state index contributed by atoms with van der Waals surface area (Å²) in [4.78, 5) is 12.4. The first kappa shape index (κ1) is 12.1. The van der Waals surface area contributed by atoms with Crippen LogP contribution in [0.2, 0.25) is 0 Å². The number of ether oxygens (including phenoxy) is 1. The van der Waals surface area contributed by atoms with E-state index >= 15 is 0 Å². The Balaban J connectivity index is 3.04. The number of rotatable bonds is 4. The number of carbonyl (C=O) groups is 1. The van der Waals surface area contributed by atoms with Crippen molar-refractivity contribution in [1.82, 2.24) is 0 Å². The molecule has 4 heteroatoms. The highest BCUT2D eigenvalue weighted by atomic mass is 32.2. The molecule has 82 valence electrons. The van der Waals surface area contributed by atoms with Gasteiger partial charge in [-0.25, -0.2) is 4.79 Å². The van der Waals surface area contributed by atoms with Gasteiger partial charge in [0, 0.05) is 11.4 Å². The summed E-state index contributed by atoms with van der Waals surface area (Å²) >= 11 is 1.68. The molecule has 0 saturated heterocycles. The Morgan fingerprint density at radius 1 is 1.53 bits per heavy atom. The molecule has 0 unspecified atom stereocenters. The van der Waals surface area contributed by atoms with E-state index in [2.05, 4.69) is 11.7 Å². The highest BCUT2D eigenvalue weighted by Crippen LogP contribution is 2.24. The monoisotopic (exact) mass is 225 g/mol. The van der Waals surface area contributed by atoms with E-state index in [0.717, 1.165) is 16.2 Å². The molecule has 0 aliphatic heterocycles. The molecule has 0 aliphatic rings. The lowest BCUT2D eigenvalue weighted by Crippen LogP contribution is -2.04. The van der Waals surface area contributed by atoms with Gasteiger partial charge in [-0.1, -0.05) is 13.0 Å². The summed E-state index contributed by atoms with van der Waals surface area (Å²) in [6, 6.07) is 5.46. The van der Waals surface area contributed by atoms with E-state index in [1.54, 1.807) is 17.8 Å². The van der Waals surface area contributed by atoms with Crippen molar-refractivity contribution in [3.63, 3.8) is 0 Å². The van der Waals surface area contributed by atoms with Crippen molar-refractivity contribution in [3.8, 4) is 0 Å². The average Bonchev–Trinajstić information content (AvgIpc) is 2.28. The van der Waals surface area contributed by atoms with Crippen molar-refractivity contribution in [2.45, 2.75) is 18.4 Å². The molecule has 3 nitrogen and oxygen atoms in total. The predicted molar refractivity (Wildman–Crippen MR) is 62.1 cm³/mol. The van der Waals surface area contributed by atoms with Crippen LogP contribution in [0.5, 0.6) is 0 Å². The molecule has 1 aromatic rings. The fourth-order valence-corrected chi connectivity index (χ4v) is 2.12. The first-order valence-corrected chi connectivity index (χ1v) is 5.75. The van der Waals surface area contributed by atoms with Crippen molar-refractivity contribution in [2.24, 2.45) is 5.73 Å². The van der Waals surface area contributed by atoms with E-state index in [9.17, 15) is 4.79 Å². The number of hydrogen-bond acceptors (Lipinski definition) is 4. The summed E-state index contributed by atoms with van der Waals surface area (Å²) < 4.78 is 4.66. The topological polar surface area (TPSA) is 52.3 Å². The third-order valence-corrected chi connectivity index (χ3v) is 2.99. The van der Waals surface area contributed by atoms with E-state index in [1.165, 1.54) is 7.11 Å². The summed E-state index contributed by atoms with van der Waals surface area (Å²) in [5.74, 6) is 0.647. The second-order valence-corrected chi connectivity index (χ2v) is 4.26. The Morgan fingerprint density at radius 3 is 2.80 bits per heavy atom. The molecule has 0 aromatic heterocycles. The smallest absolute Gasteiger partial charge is 0.337 e. The summed E-state index contributed by atoms with van der Waals surface area (Å²) in [5, 5.41) is 0. The lowest BCUT2D eigenvalue weighted by Gasteiger charge is -2.08. The quantitative estimate of drug-likeness (QED) is 0.629. The number of carbonyl (C=O) groups excluding carboxylic acids is 1. The van der Waals surface area contributed by atoms with Crippen molar-refractivity contribution >= 4 is 17.7 Å². The maximum atomic E-state index is 11.3. The average molecular weight is 225 g/mol. The maximum absolute atomic E-state index is 11.3. The molecular formula is C11H15NO2S. The Morgan fingerprint density at radius 2 is 2.27 bits per heavy atom. The summed E-state index contributed by atoms with van der Waals surface area (Å²) in [6.45, 7) is 2.56. The minimum atomic E-state index is -0.309. The zero-order valence-electron chi connectivity index (χ0n) is 8.95. The van der Waals surface area contributed by atoms with Crippen LogP contribution in [0.4, 0.5) is 0 Å². The third-order valence-electron chi connectivity index (χ3n) is 2.01. The second kappa shape index (κ2) is 5.78. The van der Waals surface area contributed by atoms with Crippen LogP contribution in [0.25, 0.3) is 0 Å². The number of benzene rings is 1. The van der Waals surface area contributed by atoms with Crippen LogP contribution in [-0.4, -0.2) is 18.8 Å². The number of thioether (sulfide) groups is 1. The second-order valence-electron chi connectivity index (χ2n) is 2.95. The van der Waals surface area contributed by atoms with E-state index in [-0.39, 0.29) is 5.97 Å². The highest BCUT2D eigenvalue weighted by molar-refractivity contribution is 7.99. The van der Waals surface area contributed by atoms with Gasteiger partial charge in [0.1, 0.15) is 0 Å². The van der Waals surface area contributed by atoms with Crippen LogP contribution in [0.3, 0.4) is 0 Å². The van der Waals surface area contributed by atoms with Crippen LogP contribution >= 0.6 is 11.8 Å². The number of nitrogens with two attached hydrogens (primary N) is 1. The molecule has 2 N–H and O–H groups in total. The Hall–Kier alpha value is -1.00. The first-order valence-electron chi connectivity index (χ1n) is 4.77. The van der Waals surface area contributed by atoms with Gasteiger partial charge >= 0.3 is 5.97 Å². The van der Waals surface area contributed by atoms with Gasteiger partial charge in [0.15, 0.2) is 0 Å². The fourth-order valence-electron chi connectivity index (χ4n) is 1.26. The van der Waals surface area contributed by atoms with Crippen LogP contribution in [-0.2, 0) is 11.3 Å². The van der Waals surface area contributed by atoms with Crippen molar-refractivity contribution in [1.29, 1.82) is 0 Å². The first-order chi connectivity index (χ1) is 7.22. The van der Waals surface area contributed by atoms with Gasteiger partial charge in [-0.2, -0.15) is 0 Å². The molecule has 0 bridgehead atoms. The molecule has 0 radical (unpaired) electrons. The lowest BCUT2D eigenvalue weighted by atomic mass is 10.1. The van der Waals surface area contributed by atoms with Crippen LogP contribution in [0.15, 0.2) is 23.1 Å². The Kier molecular flexibility index (Phi) is 4.65. The molecule has 0 fully saturated rings. The summed E-state index contributed by atoms with van der Waals surface area (Å²) in [5.41, 5.74) is 7.25. The van der Waals surface area contributed by atoms with E-state index in [4.69, 9.17) is 5.73 Å². The normalized spacial score (nSPS) is 10.1. The molecule has 0 atom stereocenters. The molecule has 0 amide bonds. The zero-order valence-corrected chi connectivity index (χ0v) is 9.76. The van der Waals surface area contributed by atoms with Gasteiger partial charge < -0.3 is 10.5 Å². The van der Waals surface area contributed by atoms with Crippen LogP contribution < -0.4 is 5.73 Å². The molecule has 1 aromatic carbocycles. The molecular weight excluding hydrogens is 210 g/mol. The number of hydrogen-bond donors (Lipinski definition) is 1. The SMILES string of the molecule is CCSc1cc(C(=O)OC)ccc1CN. The zero-order chi connectivity index (χ0) is 11.3. The van der Waals surface area contributed by atoms with Crippen molar-refractivity contribution in [3.05, 3.63) is 29.3 Å². The summed E-state index contributed by atoms with van der Waals surface area (Å²) in [6.07, 6.45) is 0. The van der Waals surface area contributed by atoms with Crippen molar-refractivity contribution < 1.29 is 9.53 Å². The van der Waals surface area contributed by atoms with Gasteiger partial charge in [-0.15, -0.1) is 11.8 Å². The van der Waals surface area contributed by atoms with Gasteiger partial charge in [-0.3, -0.25) is 0 Å². The number of methoxy groups -OCH3 is 1. The Bertz CT molecular complexity index is 352. The van der Waals surface area contributed by atoms with Gasteiger partial charge in [0.05, 0.1) is 12.7 Å². The molecule has 0 aliphatic carbocycles.